The van der Waals surface area contributed by atoms with Crippen molar-refractivity contribution in [2.45, 2.75) is 25.8 Å². The van der Waals surface area contributed by atoms with Gasteiger partial charge in [0.15, 0.2) is 6.61 Å². The van der Waals surface area contributed by atoms with Crippen LogP contribution >= 0.6 is 0 Å². The largest absolute Gasteiger partial charge is 0.386 e. The maximum atomic E-state index is 13.3. The molecule has 0 unspecified atom stereocenters. The molecule has 0 aromatic heterocycles. The van der Waals surface area contributed by atoms with Gasteiger partial charge in [0.05, 0.1) is 6.21 Å². The van der Waals surface area contributed by atoms with Gasteiger partial charge in [0.1, 0.15) is 5.82 Å². The molecule has 126 valence electrons. The zero-order valence-corrected chi connectivity index (χ0v) is 13.6. The SMILES string of the molecule is C[C@H](CCc1ccccc1)NC(=O)CO/N=C\c1ccccc1F. The van der Waals surface area contributed by atoms with Crippen LogP contribution in [0.1, 0.15) is 24.5 Å². The maximum Gasteiger partial charge on any atom is 0.260 e. The van der Waals surface area contributed by atoms with Crippen LogP contribution in [0.3, 0.4) is 0 Å². The summed E-state index contributed by atoms with van der Waals surface area (Å²) >= 11 is 0. The molecule has 0 fully saturated rings. The molecule has 0 aliphatic rings. The summed E-state index contributed by atoms with van der Waals surface area (Å²) in [5, 5.41) is 6.47. The molecule has 1 N–H and O–H groups in total. The summed E-state index contributed by atoms with van der Waals surface area (Å²) < 4.78 is 13.3. The first-order valence-electron chi connectivity index (χ1n) is 7.88. The molecule has 0 bridgehead atoms. The Morgan fingerprint density at radius 2 is 1.92 bits per heavy atom. The van der Waals surface area contributed by atoms with Crippen LogP contribution in [0.2, 0.25) is 0 Å². The Bertz CT molecular complexity index is 674. The molecule has 0 saturated carbocycles. The molecule has 0 aliphatic carbocycles. The van der Waals surface area contributed by atoms with Gasteiger partial charge in [-0.1, -0.05) is 53.7 Å². The predicted molar refractivity (Wildman–Crippen MR) is 92.3 cm³/mol. The second-order valence-corrected chi connectivity index (χ2v) is 5.52. The van der Waals surface area contributed by atoms with Gasteiger partial charge >= 0.3 is 0 Å². The quantitative estimate of drug-likeness (QED) is 0.597. The number of carbonyl (C=O) groups is 1. The molecule has 24 heavy (non-hydrogen) atoms. The smallest absolute Gasteiger partial charge is 0.260 e. The number of amides is 1. The summed E-state index contributed by atoms with van der Waals surface area (Å²) in [5.41, 5.74) is 1.55. The molecular weight excluding hydrogens is 307 g/mol. The van der Waals surface area contributed by atoms with Crippen molar-refractivity contribution in [3.05, 3.63) is 71.5 Å². The number of carbonyl (C=O) groups excluding carboxylic acids is 1. The van der Waals surface area contributed by atoms with Crippen LogP contribution in [0.25, 0.3) is 0 Å². The van der Waals surface area contributed by atoms with Crippen molar-refractivity contribution in [1.29, 1.82) is 0 Å². The van der Waals surface area contributed by atoms with E-state index in [1.807, 2.05) is 25.1 Å². The van der Waals surface area contributed by atoms with Gasteiger partial charge in [-0.2, -0.15) is 0 Å². The van der Waals surface area contributed by atoms with E-state index in [-0.39, 0.29) is 24.4 Å². The van der Waals surface area contributed by atoms with Crippen LogP contribution < -0.4 is 5.32 Å². The number of benzene rings is 2. The van der Waals surface area contributed by atoms with Gasteiger partial charge in [-0.05, 0) is 31.4 Å². The molecule has 0 radical (unpaired) electrons. The number of rotatable bonds is 8. The summed E-state index contributed by atoms with van der Waals surface area (Å²) in [7, 11) is 0. The predicted octanol–water partition coefficient (Wildman–Crippen LogP) is 3.31. The standard InChI is InChI=1S/C19H21FN2O2/c1-15(11-12-16-7-3-2-4-8-16)22-19(23)14-24-21-13-17-9-5-6-10-18(17)20/h2-10,13,15H,11-12,14H2,1H3,(H,22,23)/b21-13-/t15-/m1/s1. The number of hydrogen-bond donors (Lipinski definition) is 1. The average Bonchev–Trinajstić information content (AvgIpc) is 2.59. The van der Waals surface area contributed by atoms with Gasteiger partial charge in [0.25, 0.3) is 5.91 Å². The molecule has 0 heterocycles. The Hall–Kier alpha value is -2.69. The van der Waals surface area contributed by atoms with E-state index in [9.17, 15) is 9.18 Å². The normalized spacial score (nSPS) is 12.1. The lowest BCUT2D eigenvalue weighted by Crippen LogP contribution is -2.35. The van der Waals surface area contributed by atoms with E-state index >= 15 is 0 Å². The van der Waals surface area contributed by atoms with Gasteiger partial charge in [-0.3, -0.25) is 4.79 Å². The number of halogens is 1. The van der Waals surface area contributed by atoms with E-state index in [2.05, 4.69) is 22.6 Å². The van der Waals surface area contributed by atoms with Crippen molar-refractivity contribution in [3.63, 3.8) is 0 Å². The Morgan fingerprint density at radius 3 is 2.67 bits per heavy atom. The molecule has 0 aliphatic heterocycles. The number of oxime groups is 1. The van der Waals surface area contributed by atoms with Gasteiger partial charge in [0.2, 0.25) is 0 Å². The van der Waals surface area contributed by atoms with E-state index in [0.29, 0.717) is 5.56 Å². The molecule has 2 aromatic carbocycles. The van der Waals surface area contributed by atoms with Gasteiger partial charge in [-0.25, -0.2) is 4.39 Å². The van der Waals surface area contributed by atoms with Crippen LogP contribution in [-0.4, -0.2) is 24.8 Å². The molecule has 5 heteroatoms. The van der Waals surface area contributed by atoms with E-state index in [0.717, 1.165) is 12.8 Å². The molecule has 0 saturated heterocycles. The second kappa shape index (κ2) is 9.45. The molecule has 2 aromatic rings. The fourth-order valence-corrected chi connectivity index (χ4v) is 2.19. The number of aryl methyl sites for hydroxylation is 1. The topological polar surface area (TPSA) is 50.7 Å². The Morgan fingerprint density at radius 1 is 1.21 bits per heavy atom. The number of hydrogen-bond acceptors (Lipinski definition) is 3. The number of nitrogens with zero attached hydrogens (tertiary/aromatic N) is 1. The second-order valence-electron chi connectivity index (χ2n) is 5.52. The first-order valence-corrected chi connectivity index (χ1v) is 7.88. The molecule has 2 rings (SSSR count). The van der Waals surface area contributed by atoms with Crippen LogP contribution in [0.15, 0.2) is 59.8 Å². The van der Waals surface area contributed by atoms with E-state index in [1.165, 1.54) is 17.8 Å². The molecule has 1 amide bonds. The van der Waals surface area contributed by atoms with Crippen LogP contribution in [0.4, 0.5) is 4.39 Å². The highest BCUT2D eigenvalue weighted by molar-refractivity contribution is 5.80. The van der Waals surface area contributed by atoms with Gasteiger partial charge in [-0.15, -0.1) is 0 Å². The summed E-state index contributed by atoms with van der Waals surface area (Å²) in [4.78, 5) is 16.7. The lowest BCUT2D eigenvalue weighted by Gasteiger charge is -2.13. The van der Waals surface area contributed by atoms with Gasteiger partial charge in [0, 0.05) is 11.6 Å². The zero-order chi connectivity index (χ0) is 17.2. The van der Waals surface area contributed by atoms with Gasteiger partial charge < -0.3 is 10.2 Å². The maximum absolute atomic E-state index is 13.3. The Labute approximate surface area is 141 Å². The summed E-state index contributed by atoms with van der Waals surface area (Å²) in [6, 6.07) is 16.4. The minimum Gasteiger partial charge on any atom is -0.386 e. The average molecular weight is 328 g/mol. The molecule has 1 atom stereocenters. The molecule has 4 nitrogen and oxygen atoms in total. The Balaban J connectivity index is 1.66. The fraction of sp³-hybridized carbons (Fsp3) is 0.263. The summed E-state index contributed by atoms with van der Waals surface area (Å²) in [6.07, 6.45) is 2.99. The van der Waals surface area contributed by atoms with E-state index in [1.54, 1.807) is 18.2 Å². The minimum absolute atomic E-state index is 0.0388. The third kappa shape index (κ3) is 6.20. The number of nitrogens with one attached hydrogen (secondary N) is 1. The minimum atomic E-state index is -0.385. The highest BCUT2D eigenvalue weighted by Gasteiger charge is 2.08. The zero-order valence-electron chi connectivity index (χ0n) is 13.6. The van der Waals surface area contributed by atoms with Crippen LogP contribution in [0, 0.1) is 5.82 Å². The van der Waals surface area contributed by atoms with Crippen molar-refractivity contribution in [1.82, 2.24) is 5.32 Å². The monoisotopic (exact) mass is 328 g/mol. The lowest BCUT2D eigenvalue weighted by atomic mass is 10.1. The van der Waals surface area contributed by atoms with E-state index in [4.69, 9.17) is 4.84 Å². The summed E-state index contributed by atoms with van der Waals surface area (Å²) in [6.45, 7) is 1.75. The van der Waals surface area contributed by atoms with E-state index < -0.39 is 0 Å². The van der Waals surface area contributed by atoms with Crippen molar-refractivity contribution < 1.29 is 14.0 Å². The van der Waals surface area contributed by atoms with Crippen molar-refractivity contribution >= 4 is 12.1 Å². The highest BCUT2D eigenvalue weighted by Crippen LogP contribution is 2.05. The van der Waals surface area contributed by atoms with Crippen molar-refractivity contribution in [2.75, 3.05) is 6.61 Å². The lowest BCUT2D eigenvalue weighted by molar-refractivity contribution is -0.126. The molecule has 0 spiro atoms. The van der Waals surface area contributed by atoms with Crippen LogP contribution in [0.5, 0.6) is 0 Å². The summed E-state index contributed by atoms with van der Waals surface area (Å²) in [5.74, 6) is -0.634. The fourth-order valence-electron chi connectivity index (χ4n) is 2.19. The first-order chi connectivity index (χ1) is 11.6. The third-order valence-electron chi connectivity index (χ3n) is 3.48. The van der Waals surface area contributed by atoms with Crippen LogP contribution in [-0.2, 0) is 16.1 Å². The van der Waals surface area contributed by atoms with Crippen molar-refractivity contribution in [3.8, 4) is 0 Å². The highest BCUT2D eigenvalue weighted by atomic mass is 19.1. The molecular formula is C19H21FN2O2. The third-order valence-corrected chi connectivity index (χ3v) is 3.48. The van der Waals surface area contributed by atoms with Crippen molar-refractivity contribution in [2.24, 2.45) is 5.16 Å². The Kier molecular flexibility index (Phi) is 6.95. The first kappa shape index (κ1) is 17.7.